The molecule has 2 aliphatic heterocycles. The number of nitrogens with zero attached hydrogens (tertiary/aromatic N) is 2. The summed E-state index contributed by atoms with van der Waals surface area (Å²) in [5, 5.41) is 20.6. The normalized spacial score (nSPS) is 23.0. The summed E-state index contributed by atoms with van der Waals surface area (Å²) in [5.41, 5.74) is 1.32. The van der Waals surface area contributed by atoms with Crippen LogP contribution in [0.25, 0.3) is 0 Å². The fraction of sp³-hybridized carbons (Fsp3) is 0.600. The van der Waals surface area contributed by atoms with Crippen LogP contribution >= 0.6 is 0 Å². The third kappa shape index (κ3) is 2.55. The van der Waals surface area contributed by atoms with E-state index in [1.165, 1.54) is 0 Å². The van der Waals surface area contributed by atoms with Crippen LogP contribution < -0.4 is 9.64 Å². The maximum Gasteiger partial charge on any atom is 0.293 e. The Morgan fingerprint density at radius 1 is 1.52 bits per heavy atom. The van der Waals surface area contributed by atoms with E-state index in [9.17, 15) is 15.2 Å². The van der Waals surface area contributed by atoms with Crippen LogP contribution in [-0.4, -0.2) is 35.3 Å². The van der Waals surface area contributed by atoms with Crippen LogP contribution in [-0.2, 0) is 6.42 Å². The van der Waals surface area contributed by atoms with Gasteiger partial charge in [0.2, 0.25) is 0 Å². The lowest BCUT2D eigenvalue weighted by Gasteiger charge is -2.20. The maximum atomic E-state index is 11.4. The summed E-state index contributed by atoms with van der Waals surface area (Å²) in [6.07, 6.45) is 1.54. The van der Waals surface area contributed by atoms with E-state index in [1.54, 1.807) is 12.1 Å². The number of nitro benzene ring substituents is 1. The van der Waals surface area contributed by atoms with Gasteiger partial charge in [-0.3, -0.25) is 10.1 Å². The van der Waals surface area contributed by atoms with Crippen LogP contribution in [0.4, 0.5) is 11.4 Å². The highest BCUT2D eigenvalue weighted by Gasteiger charge is 2.35. The van der Waals surface area contributed by atoms with Crippen molar-refractivity contribution in [2.45, 2.75) is 32.3 Å². The third-order valence-corrected chi connectivity index (χ3v) is 4.24. The van der Waals surface area contributed by atoms with Gasteiger partial charge >= 0.3 is 0 Å². The Kier molecular flexibility index (Phi) is 3.28. The highest BCUT2D eigenvalue weighted by Crippen LogP contribution is 2.43. The van der Waals surface area contributed by atoms with Crippen molar-refractivity contribution in [3.63, 3.8) is 0 Å². The topological polar surface area (TPSA) is 75.8 Å². The molecule has 1 aromatic carbocycles. The Morgan fingerprint density at radius 2 is 2.29 bits per heavy atom. The van der Waals surface area contributed by atoms with Gasteiger partial charge < -0.3 is 14.7 Å². The van der Waals surface area contributed by atoms with Gasteiger partial charge in [0.15, 0.2) is 0 Å². The number of hydrogen-bond acceptors (Lipinski definition) is 5. The van der Waals surface area contributed by atoms with E-state index in [-0.39, 0.29) is 28.7 Å². The number of ether oxygens (including phenoxy) is 1. The molecule has 0 spiro atoms. The molecule has 0 saturated carbocycles. The average molecular weight is 292 g/mol. The van der Waals surface area contributed by atoms with Crippen molar-refractivity contribution in [2.24, 2.45) is 5.92 Å². The molecule has 1 saturated heterocycles. The van der Waals surface area contributed by atoms with Crippen molar-refractivity contribution in [3.05, 3.63) is 27.8 Å². The Labute approximate surface area is 123 Å². The summed E-state index contributed by atoms with van der Waals surface area (Å²) in [7, 11) is 0. The molecular formula is C15H20N2O4. The molecule has 0 aliphatic carbocycles. The summed E-state index contributed by atoms with van der Waals surface area (Å²) in [6, 6.07) is 3.44. The first kappa shape index (κ1) is 14.1. The summed E-state index contributed by atoms with van der Waals surface area (Å²) < 4.78 is 5.88. The van der Waals surface area contributed by atoms with Crippen LogP contribution in [0.2, 0.25) is 0 Å². The molecule has 0 aromatic heterocycles. The van der Waals surface area contributed by atoms with E-state index in [2.05, 4.69) is 0 Å². The van der Waals surface area contributed by atoms with E-state index >= 15 is 0 Å². The number of benzene rings is 1. The van der Waals surface area contributed by atoms with Crippen molar-refractivity contribution >= 4 is 11.4 Å². The first-order valence-corrected chi connectivity index (χ1v) is 7.26. The molecule has 1 aromatic rings. The quantitative estimate of drug-likeness (QED) is 0.682. The minimum absolute atomic E-state index is 0.124. The predicted octanol–water partition coefficient (Wildman–Crippen LogP) is 2.13. The molecule has 0 radical (unpaired) electrons. The second kappa shape index (κ2) is 4.87. The van der Waals surface area contributed by atoms with Crippen molar-refractivity contribution in [1.82, 2.24) is 0 Å². The fourth-order valence-electron chi connectivity index (χ4n) is 3.23. The summed E-state index contributed by atoms with van der Waals surface area (Å²) in [4.78, 5) is 13.0. The highest BCUT2D eigenvalue weighted by molar-refractivity contribution is 5.69. The number of fused-ring (bicyclic) bond motifs is 1. The van der Waals surface area contributed by atoms with E-state index in [4.69, 9.17) is 4.74 Å². The molecule has 6 heteroatoms. The number of rotatable bonds is 3. The lowest BCUT2D eigenvalue weighted by molar-refractivity contribution is -0.384. The zero-order valence-electron chi connectivity index (χ0n) is 12.3. The van der Waals surface area contributed by atoms with Gasteiger partial charge in [-0.1, -0.05) is 0 Å². The van der Waals surface area contributed by atoms with Gasteiger partial charge in [-0.05, 0) is 20.3 Å². The Balaban J connectivity index is 1.99. The molecule has 3 rings (SSSR count). The average Bonchev–Trinajstić information content (AvgIpc) is 2.98. The zero-order valence-corrected chi connectivity index (χ0v) is 12.3. The van der Waals surface area contributed by atoms with Crippen molar-refractivity contribution < 1.29 is 14.8 Å². The molecule has 6 nitrogen and oxygen atoms in total. The summed E-state index contributed by atoms with van der Waals surface area (Å²) >= 11 is 0. The fourth-order valence-corrected chi connectivity index (χ4v) is 3.23. The number of hydrogen-bond donors (Lipinski definition) is 1. The third-order valence-electron chi connectivity index (χ3n) is 4.24. The van der Waals surface area contributed by atoms with Crippen molar-refractivity contribution in [3.8, 4) is 5.75 Å². The summed E-state index contributed by atoms with van der Waals surface area (Å²) in [5.74, 6) is 0.934. The van der Waals surface area contributed by atoms with E-state index in [1.807, 2.05) is 18.7 Å². The van der Waals surface area contributed by atoms with Gasteiger partial charge in [0.05, 0.1) is 4.92 Å². The first-order valence-electron chi connectivity index (χ1n) is 7.26. The molecule has 1 atom stereocenters. The number of anilines is 1. The molecule has 0 bridgehead atoms. The number of nitro groups is 1. The minimum Gasteiger partial charge on any atom is -0.487 e. The predicted molar refractivity (Wildman–Crippen MR) is 78.9 cm³/mol. The largest absolute Gasteiger partial charge is 0.487 e. The molecule has 1 unspecified atom stereocenters. The van der Waals surface area contributed by atoms with Crippen LogP contribution in [0.5, 0.6) is 5.75 Å². The van der Waals surface area contributed by atoms with Crippen molar-refractivity contribution in [2.75, 3.05) is 24.6 Å². The van der Waals surface area contributed by atoms with Gasteiger partial charge in [0, 0.05) is 49.7 Å². The molecule has 21 heavy (non-hydrogen) atoms. The standard InChI is InChI=1S/C15H20N2O4/c1-15(2)7-11-5-13(17(19)20)12(6-14(11)21-15)16-4-3-10(8-16)9-18/h5-6,10,18H,3-4,7-9H2,1-2H3. The summed E-state index contributed by atoms with van der Waals surface area (Å²) in [6.45, 7) is 5.47. The van der Waals surface area contributed by atoms with Crippen LogP contribution in [0.15, 0.2) is 12.1 Å². The molecular weight excluding hydrogens is 272 g/mol. The van der Waals surface area contributed by atoms with Gasteiger partial charge in [-0.25, -0.2) is 0 Å². The second-order valence-electron chi connectivity index (χ2n) is 6.53. The molecule has 2 heterocycles. The minimum atomic E-state index is -0.326. The molecule has 1 N–H and O–H groups in total. The highest BCUT2D eigenvalue weighted by atomic mass is 16.6. The van der Waals surface area contributed by atoms with Gasteiger partial charge in [0.1, 0.15) is 17.0 Å². The SMILES string of the molecule is CC1(C)Cc2cc([N+](=O)[O-])c(N3CCC(CO)C3)cc2O1. The number of aliphatic hydroxyl groups is 1. The Morgan fingerprint density at radius 3 is 2.90 bits per heavy atom. The van der Waals surface area contributed by atoms with Crippen LogP contribution in [0, 0.1) is 16.0 Å². The van der Waals surface area contributed by atoms with Crippen LogP contribution in [0.3, 0.4) is 0 Å². The Hall–Kier alpha value is -1.82. The molecule has 114 valence electrons. The lowest BCUT2D eigenvalue weighted by atomic mass is 10.0. The van der Waals surface area contributed by atoms with E-state index in [0.717, 1.165) is 24.3 Å². The first-order chi connectivity index (χ1) is 9.89. The number of aliphatic hydroxyl groups excluding tert-OH is 1. The van der Waals surface area contributed by atoms with Gasteiger partial charge in [-0.2, -0.15) is 0 Å². The smallest absolute Gasteiger partial charge is 0.293 e. The van der Waals surface area contributed by atoms with Crippen LogP contribution in [0.1, 0.15) is 25.8 Å². The van der Waals surface area contributed by atoms with Crippen molar-refractivity contribution in [1.29, 1.82) is 0 Å². The van der Waals surface area contributed by atoms with Gasteiger partial charge in [0.25, 0.3) is 5.69 Å². The molecule has 0 amide bonds. The van der Waals surface area contributed by atoms with E-state index < -0.39 is 0 Å². The van der Waals surface area contributed by atoms with E-state index in [0.29, 0.717) is 18.7 Å². The monoisotopic (exact) mass is 292 g/mol. The Bertz CT molecular complexity index is 585. The second-order valence-corrected chi connectivity index (χ2v) is 6.53. The molecule has 2 aliphatic rings. The zero-order chi connectivity index (χ0) is 15.2. The van der Waals surface area contributed by atoms with Gasteiger partial charge in [-0.15, -0.1) is 0 Å². The maximum absolute atomic E-state index is 11.4. The molecule has 1 fully saturated rings. The lowest BCUT2D eigenvalue weighted by Crippen LogP contribution is -2.24.